The van der Waals surface area contributed by atoms with Crippen LogP contribution >= 0.6 is 0 Å². The Kier molecular flexibility index (Phi) is 4.35. The van der Waals surface area contributed by atoms with Gasteiger partial charge in [-0.15, -0.1) is 0 Å². The third kappa shape index (κ3) is 4.35. The Hall–Kier alpha value is -0.340. The van der Waals surface area contributed by atoms with Gasteiger partial charge < -0.3 is 5.73 Å². The van der Waals surface area contributed by atoms with E-state index < -0.39 is 0 Å². The van der Waals surface area contributed by atoms with Crippen LogP contribution in [-0.4, -0.2) is 30.6 Å². The molecule has 1 atom stereocenters. The maximum Gasteiger partial charge on any atom is 0.0190 e. The molecule has 0 aromatic heterocycles. The van der Waals surface area contributed by atoms with Crippen molar-refractivity contribution in [2.45, 2.75) is 46.6 Å². The molecule has 2 nitrogen and oxygen atoms in total. The summed E-state index contributed by atoms with van der Waals surface area (Å²) in [7, 11) is 0. The van der Waals surface area contributed by atoms with E-state index in [0.717, 1.165) is 19.5 Å². The van der Waals surface area contributed by atoms with Crippen LogP contribution in [0.2, 0.25) is 0 Å². The minimum atomic E-state index is 0.237. The average molecular weight is 210 g/mol. The first kappa shape index (κ1) is 12.7. The minimum Gasteiger partial charge on any atom is -0.327 e. The highest BCUT2D eigenvalue weighted by atomic mass is 15.1. The summed E-state index contributed by atoms with van der Waals surface area (Å²) in [5, 5.41) is 0. The van der Waals surface area contributed by atoms with Crippen molar-refractivity contribution in [1.29, 1.82) is 0 Å². The van der Waals surface area contributed by atoms with Crippen LogP contribution < -0.4 is 5.73 Å². The van der Waals surface area contributed by atoms with Gasteiger partial charge in [-0.2, -0.15) is 0 Å². The standard InChI is InChI=1S/C13H26N2/c1-11-6-5-8-15(10-11)9-7-12(14)13(2,3)4/h6,12H,5,7-10,14H2,1-4H3. The lowest BCUT2D eigenvalue weighted by Gasteiger charge is -2.31. The Morgan fingerprint density at radius 1 is 1.47 bits per heavy atom. The summed E-state index contributed by atoms with van der Waals surface area (Å²) in [6.45, 7) is 12.4. The topological polar surface area (TPSA) is 29.3 Å². The van der Waals surface area contributed by atoms with Gasteiger partial charge in [-0.1, -0.05) is 32.4 Å². The molecule has 0 fully saturated rings. The summed E-state index contributed by atoms with van der Waals surface area (Å²) >= 11 is 0. The molecule has 0 saturated heterocycles. The van der Waals surface area contributed by atoms with E-state index in [4.69, 9.17) is 5.73 Å². The first-order valence-corrected chi connectivity index (χ1v) is 6.03. The minimum absolute atomic E-state index is 0.237. The Morgan fingerprint density at radius 3 is 2.67 bits per heavy atom. The molecule has 88 valence electrons. The summed E-state index contributed by atoms with van der Waals surface area (Å²) < 4.78 is 0. The molecule has 0 aromatic carbocycles. The lowest BCUT2D eigenvalue weighted by Crippen LogP contribution is -2.40. The number of hydrogen-bond acceptors (Lipinski definition) is 2. The summed E-state index contributed by atoms with van der Waals surface area (Å²) in [4.78, 5) is 2.51. The van der Waals surface area contributed by atoms with Crippen LogP contribution in [0.1, 0.15) is 40.5 Å². The monoisotopic (exact) mass is 210 g/mol. The molecule has 0 bridgehead atoms. The van der Waals surface area contributed by atoms with Crippen LogP contribution in [-0.2, 0) is 0 Å². The largest absolute Gasteiger partial charge is 0.327 e. The van der Waals surface area contributed by atoms with Gasteiger partial charge in [0, 0.05) is 19.1 Å². The maximum absolute atomic E-state index is 6.16. The second kappa shape index (κ2) is 5.13. The van der Waals surface area contributed by atoms with Gasteiger partial charge in [0.05, 0.1) is 0 Å². The molecular formula is C13H26N2. The fourth-order valence-electron chi connectivity index (χ4n) is 1.94. The van der Waals surface area contributed by atoms with E-state index in [9.17, 15) is 0 Å². The molecule has 0 aliphatic carbocycles. The first-order chi connectivity index (χ1) is 6.89. The molecule has 1 aliphatic heterocycles. The van der Waals surface area contributed by atoms with Gasteiger partial charge in [0.15, 0.2) is 0 Å². The zero-order valence-electron chi connectivity index (χ0n) is 10.7. The van der Waals surface area contributed by atoms with Gasteiger partial charge in [-0.3, -0.25) is 4.90 Å². The van der Waals surface area contributed by atoms with E-state index in [1.807, 2.05) is 0 Å². The quantitative estimate of drug-likeness (QED) is 0.725. The molecule has 15 heavy (non-hydrogen) atoms. The molecule has 1 unspecified atom stereocenters. The third-order valence-corrected chi connectivity index (χ3v) is 3.28. The fourth-order valence-corrected chi connectivity index (χ4v) is 1.94. The van der Waals surface area contributed by atoms with Crippen LogP contribution in [0.5, 0.6) is 0 Å². The van der Waals surface area contributed by atoms with Gasteiger partial charge in [0.2, 0.25) is 0 Å². The van der Waals surface area contributed by atoms with Crippen molar-refractivity contribution in [3.63, 3.8) is 0 Å². The van der Waals surface area contributed by atoms with E-state index in [0.29, 0.717) is 6.04 Å². The first-order valence-electron chi connectivity index (χ1n) is 6.03. The second-order valence-electron chi connectivity index (χ2n) is 5.88. The number of nitrogens with two attached hydrogens (primary N) is 1. The SMILES string of the molecule is CC1=CCCN(CCC(N)C(C)(C)C)C1. The Bertz CT molecular complexity index is 225. The van der Waals surface area contributed by atoms with Crippen molar-refractivity contribution in [1.82, 2.24) is 4.90 Å². The molecular weight excluding hydrogens is 184 g/mol. The van der Waals surface area contributed by atoms with E-state index >= 15 is 0 Å². The molecule has 1 aliphatic rings. The Balaban J connectivity index is 2.29. The highest BCUT2D eigenvalue weighted by Crippen LogP contribution is 2.20. The molecule has 2 heteroatoms. The van der Waals surface area contributed by atoms with E-state index in [-0.39, 0.29) is 5.41 Å². The molecule has 1 heterocycles. The Labute approximate surface area is 94.5 Å². The summed E-state index contributed by atoms with van der Waals surface area (Å²) in [6.07, 6.45) is 4.66. The molecule has 2 N–H and O–H groups in total. The molecule has 0 radical (unpaired) electrons. The molecule has 0 amide bonds. The zero-order valence-corrected chi connectivity index (χ0v) is 10.7. The van der Waals surface area contributed by atoms with E-state index in [2.05, 4.69) is 38.7 Å². The van der Waals surface area contributed by atoms with Crippen LogP contribution in [0.25, 0.3) is 0 Å². The van der Waals surface area contributed by atoms with Crippen LogP contribution in [0, 0.1) is 5.41 Å². The van der Waals surface area contributed by atoms with Gasteiger partial charge in [0.25, 0.3) is 0 Å². The maximum atomic E-state index is 6.16. The lowest BCUT2D eigenvalue weighted by molar-refractivity contribution is 0.236. The predicted octanol–water partition coefficient (Wildman–Crippen LogP) is 2.40. The molecule has 0 spiro atoms. The van der Waals surface area contributed by atoms with Crippen molar-refractivity contribution in [2.75, 3.05) is 19.6 Å². The smallest absolute Gasteiger partial charge is 0.0190 e. The van der Waals surface area contributed by atoms with Crippen LogP contribution in [0.15, 0.2) is 11.6 Å². The second-order valence-corrected chi connectivity index (χ2v) is 5.88. The molecule has 0 saturated carbocycles. The number of hydrogen-bond donors (Lipinski definition) is 1. The fraction of sp³-hybridized carbons (Fsp3) is 0.846. The lowest BCUT2D eigenvalue weighted by atomic mass is 9.85. The summed E-state index contributed by atoms with van der Waals surface area (Å²) in [6, 6.07) is 0.309. The van der Waals surface area contributed by atoms with Gasteiger partial charge in [-0.25, -0.2) is 0 Å². The van der Waals surface area contributed by atoms with Crippen molar-refractivity contribution in [2.24, 2.45) is 11.1 Å². The van der Waals surface area contributed by atoms with Gasteiger partial charge >= 0.3 is 0 Å². The van der Waals surface area contributed by atoms with Crippen molar-refractivity contribution < 1.29 is 0 Å². The molecule has 0 aromatic rings. The Morgan fingerprint density at radius 2 is 2.13 bits per heavy atom. The van der Waals surface area contributed by atoms with E-state index in [1.54, 1.807) is 0 Å². The third-order valence-electron chi connectivity index (χ3n) is 3.28. The zero-order chi connectivity index (χ0) is 11.5. The number of nitrogens with zero attached hydrogens (tertiary/aromatic N) is 1. The van der Waals surface area contributed by atoms with Crippen LogP contribution in [0.4, 0.5) is 0 Å². The van der Waals surface area contributed by atoms with Crippen molar-refractivity contribution in [3.8, 4) is 0 Å². The molecule has 1 rings (SSSR count). The predicted molar refractivity (Wildman–Crippen MR) is 66.9 cm³/mol. The van der Waals surface area contributed by atoms with Crippen molar-refractivity contribution >= 4 is 0 Å². The average Bonchev–Trinajstić information content (AvgIpc) is 2.12. The summed E-state index contributed by atoms with van der Waals surface area (Å²) in [5.74, 6) is 0. The van der Waals surface area contributed by atoms with Gasteiger partial charge in [0.1, 0.15) is 0 Å². The summed E-state index contributed by atoms with van der Waals surface area (Å²) in [5.41, 5.74) is 7.90. The highest BCUT2D eigenvalue weighted by molar-refractivity contribution is 5.04. The number of rotatable bonds is 3. The van der Waals surface area contributed by atoms with Crippen LogP contribution in [0.3, 0.4) is 0 Å². The highest BCUT2D eigenvalue weighted by Gasteiger charge is 2.21. The normalized spacial score (nSPS) is 21.3. The van der Waals surface area contributed by atoms with Crippen molar-refractivity contribution in [3.05, 3.63) is 11.6 Å². The van der Waals surface area contributed by atoms with E-state index in [1.165, 1.54) is 18.5 Å². The van der Waals surface area contributed by atoms with Gasteiger partial charge in [-0.05, 0) is 31.7 Å².